The number of nitrogens with one attached hydrogen (secondary N) is 1. The molecule has 0 spiro atoms. The van der Waals surface area contributed by atoms with Crippen molar-refractivity contribution in [2.24, 2.45) is 0 Å². The lowest BCUT2D eigenvalue weighted by atomic mass is 10.2. The molecule has 3 rings (SSSR count). The minimum absolute atomic E-state index is 0.134. The molecule has 132 valence electrons. The van der Waals surface area contributed by atoms with Crippen LogP contribution >= 0.6 is 11.8 Å². The zero-order valence-corrected chi connectivity index (χ0v) is 14.6. The second-order valence-electron chi connectivity index (χ2n) is 5.58. The summed E-state index contributed by atoms with van der Waals surface area (Å²) in [6.45, 7) is 3.35. The van der Waals surface area contributed by atoms with E-state index in [1.54, 1.807) is 24.4 Å². The van der Waals surface area contributed by atoms with E-state index in [9.17, 15) is 9.18 Å². The van der Waals surface area contributed by atoms with E-state index in [-0.39, 0.29) is 17.5 Å². The Morgan fingerprint density at radius 2 is 2.04 bits per heavy atom. The smallest absolute Gasteiger partial charge is 0.230 e. The number of hydrogen-bond donors (Lipinski definition) is 1. The molecular formula is C18H20FN3O2S. The Morgan fingerprint density at radius 1 is 1.24 bits per heavy atom. The van der Waals surface area contributed by atoms with Crippen molar-refractivity contribution in [3.05, 3.63) is 54.0 Å². The molecule has 0 radical (unpaired) electrons. The lowest BCUT2D eigenvalue weighted by Crippen LogP contribution is -2.38. The lowest BCUT2D eigenvalue weighted by Gasteiger charge is -2.29. The number of ether oxygens (including phenoxy) is 1. The fourth-order valence-corrected chi connectivity index (χ4v) is 3.35. The fourth-order valence-electron chi connectivity index (χ4n) is 2.58. The zero-order chi connectivity index (χ0) is 17.5. The molecule has 2 heterocycles. The summed E-state index contributed by atoms with van der Waals surface area (Å²) in [7, 11) is 0. The van der Waals surface area contributed by atoms with Crippen molar-refractivity contribution in [3.8, 4) is 0 Å². The Balaban J connectivity index is 1.54. The van der Waals surface area contributed by atoms with Crippen LogP contribution in [0.5, 0.6) is 0 Å². The second-order valence-corrected chi connectivity index (χ2v) is 6.60. The van der Waals surface area contributed by atoms with Gasteiger partial charge in [0.1, 0.15) is 11.6 Å². The normalized spacial score (nSPS) is 14.4. The van der Waals surface area contributed by atoms with Gasteiger partial charge in [-0.3, -0.25) is 4.79 Å². The van der Waals surface area contributed by atoms with Crippen LogP contribution in [0.1, 0.15) is 5.56 Å². The van der Waals surface area contributed by atoms with E-state index in [2.05, 4.69) is 15.2 Å². The Kier molecular flexibility index (Phi) is 6.25. The molecule has 7 heteroatoms. The van der Waals surface area contributed by atoms with E-state index in [4.69, 9.17) is 4.74 Å². The van der Waals surface area contributed by atoms with Crippen LogP contribution in [0.25, 0.3) is 0 Å². The number of aromatic nitrogens is 1. The highest BCUT2D eigenvalue weighted by Gasteiger charge is 2.16. The van der Waals surface area contributed by atoms with Crippen LogP contribution < -0.4 is 10.2 Å². The number of rotatable bonds is 6. The third kappa shape index (κ3) is 4.93. The molecule has 1 aromatic heterocycles. The first-order chi connectivity index (χ1) is 12.2. The first kappa shape index (κ1) is 17.7. The first-order valence-electron chi connectivity index (χ1n) is 8.14. The number of benzene rings is 1. The van der Waals surface area contributed by atoms with E-state index in [1.807, 2.05) is 12.1 Å². The Morgan fingerprint density at radius 3 is 2.84 bits per heavy atom. The first-order valence-corrected chi connectivity index (χ1v) is 9.13. The van der Waals surface area contributed by atoms with Gasteiger partial charge in [0.25, 0.3) is 0 Å². The van der Waals surface area contributed by atoms with Crippen molar-refractivity contribution in [1.29, 1.82) is 0 Å². The van der Waals surface area contributed by atoms with Gasteiger partial charge in [-0.05, 0) is 18.2 Å². The second kappa shape index (κ2) is 8.82. The summed E-state index contributed by atoms with van der Waals surface area (Å²) >= 11 is 1.19. The van der Waals surface area contributed by atoms with Crippen molar-refractivity contribution < 1.29 is 13.9 Å². The molecule has 0 atom stereocenters. The number of carbonyl (C=O) groups is 1. The molecule has 1 fully saturated rings. The monoisotopic (exact) mass is 361 g/mol. The number of amides is 1. The molecule has 0 unspecified atom stereocenters. The molecule has 1 aromatic carbocycles. The summed E-state index contributed by atoms with van der Waals surface area (Å²) in [5.41, 5.74) is 0.966. The minimum atomic E-state index is -0.304. The summed E-state index contributed by atoms with van der Waals surface area (Å²) in [5, 5.41) is 2.89. The van der Waals surface area contributed by atoms with Gasteiger partial charge in [-0.25, -0.2) is 9.37 Å². The standard InChI is InChI=1S/C18H20FN3O2S/c19-15-5-1-2-6-16(15)25-13-17(23)21-12-14-4-3-7-20-18(14)22-8-10-24-11-9-22/h1-7H,8-13H2,(H,21,23). The number of hydrogen-bond acceptors (Lipinski definition) is 5. The number of anilines is 1. The largest absolute Gasteiger partial charge is 0.378 e. The SMILES string of the molecule is O=C(CSc1ccccc1F)NCc1cccnc1N1CCOCC1. The van der Waals surface area contributed by atoms with Crippen molar-refractivity contribution in [1.82, 2.24) is 10.3 Å². The average Bonchev–Trinajstić information content (AvgIpc) is 2.66. The Labute approximate surface area is 150 Å². The van der Waals surface area contributed by atoms with Gasteiger partial charge in [0.2, 0.25) is 5.91 Å². The number of halogens is 1. The van der Waals surface area contributed by atoms with Crippen molar-refractivity contribution in [2.75, 3.05) is 37.0 Å². The summed E-state index contributed by atoms with van der Waals surface area (Å²) < 4.78 is 18.9. The van der Waals surface area contributed by atoms with Gasteiger partial charge in [0.05, 0.1) is 19.0 Å². The van der Waals surface area contributed by atoms with Crippen molar-refractivity contribution >= 4 is 23.5 Å². The molecule has 1 amide bonds. The third-order valence-electron chi connectivity index (χ3n) is 3.85. The average molecular weight is 361 g/mol. The molecule has 2 aromatic rings. The molecule has 1 N–H and O–H groups in total. The Hall–Kier alpha value is -2.12. The fraction of sp³-hybridized carbons (Fsp3) is 0.333. The van der Waals surface area contributed by atoms with Crippen LogP contribution in [0.4, 0.5) is 10.2 Å². The topological polar surface area (TPSA) is 54.5 Å². The third-order valence-corrected chi connectivity index (χ3v) is 4.90. The summed E-state index contributed by atoms with van der Waals surface area (Å²) in [6, 6.07) is 10.3. The molecule has 0 aliphatic carbocycles. The number of pyridine rings is 1. The van der Waals surface area contributed by atoms with Crippen molar-refractivity contribution in [3.63, 3.8) is 0 Å². The predicted octanol–water partition coefficient (Wildman–Crippen LogP) is 2.47. The highest BCUT2D eigenvalue weighted by Crippen LogP contribution is 2.21. The summed E-state index contributed by atoms with van der Waals surface area (Å²) in [6.07, 6.45) is 1.75. The zero-order valence-electron chi connectivity index (χ0n) is 13.8. The van der Waals surface area contributed by atoms with Gasteiger partial charge in [0, 0.05) is 36.3 Å². The van der Waals surface area contributed by atoms with Gasteiger partial charge in [-0.15, -0.1) is 11.8 Å². The van der Waals surface area contributed by atoms with E-state index < -0.39 is 0 Å². The van der Waals surface area contributed by atoms with Gasteiger partial charge in [-0.2, -0.15) is 0 Å². The highest BCUT2D eigenvalue weighted by atomic mass is 32.2. The van der Waals surface area contributed by atoms with Gasteiger partial charge < -0.3 is 15.0 Å². The number of morpholine rings is 1. The van der Waals surface area contributed by atoms with Crippen LogP contribution in [0, 0.1) is 5.82 Å². The summed E-state index contributed by atoms with van der Waals surface area (Å²) in [4.78, 5) is 19.2. The molecule has 5 nitrogen and oxygen atoms in total. The molecule has 1 saturated heterocycles. The van der Waals surface area contributed by atoms with Crippen LogP contribution in [0.15, 0.2) is 47.5 Å². The molecule has 1 aliphatic rings. The molecule has 25 heavy (non-hydrogen) atoms. The maximum atomic E-state index is 13.6. The van der Waals surface area contributed by atoms with Crippen LogP contribution in [0.2, 0.25) is 0 Å². The van der Waals surface area contributed by atoms with E-state index in [1.165, 1.54) is 17.8 Å². The number of carbonyl (C=O) groups excluding carboxylic acids is 1. The van der Waals surface area contributed by atoms with Crippen LogP contribution in [0.3, 0.4) is 0 Å². The molecule has 1 aliphatic heterocycles. The maximum absolute atomic E-state index is 13.6. The number of nitrogens with zero attached hydrogens (tertiary/aromatic N) is 2. The van der Waals surface area contributed by atoms with Crippen LogP contribution in [-0.4, -0.2) is 42.9 Å². The lowest BCUT2D eigenvalue weighted by molar-refractivity contribution is -0.118. The van der Waals surface area contributed by atoms with Gasteiger partial charge in [0.15, 0.2) is 0 Å². The molecular weight excluding hydrogens is 341 g/mol. The molecule has 0 saturated carbocycles. The number of thioether (sulfide) groups is 1. The van der Waals surface area contributed by atoms with E-state index in [0.29, 0.717) is 24.7 Å². The minimum Gasteiger partial charge on any atom is -0.378 e. The predicted molar refractivity (Wildman–Crippen MR) is 96.2 cm³/mol. The van der Waals surface area contributed by atoms with Gasteiger partial charge >= 0.3 is 0 Å². The molecule has 0 bridgehead atoms. The van der Waals surface area contributed by atoms with Crippen molar-refractivity contribution in [2.45, 2.75) is 11.4 Å². The van der Waals surface area contributed by atoms with Gasteiger partial charge in [-0.1, -0.05) is 18.2 Å². The quantitative estimate of drug-likeness (QED) is 0.801. The highest BCUT2D eigenvalue weighted by molar-refractivity contribution is 8.00. The van der Waals surface area contributed by atoms with E-state index >= 15 is 0 Å². The van der Waals surface area contributed by atoms with Crippen LogP contribution in [-0.2, 0) is 16.1 Å². The van der Waals surface area contributed by atoms with E-state index in [0.717, 1.165) is 24.5 Å². The Bertz CT molecular complexity index is 723. The summed E-state index contributed by atoms with van der Waals surface area (Å²) in [5.74, 6) is 0.619. The maximum Gasteiger partial charge on any atom is 0.230 e.